The molecule has 1 amide bonds. The number of hydrogen-bond acceptors (Lipinski definition) is 4. The van der Waals surface area contributed by atoms with Crippen LogP contribution in [0.5, 0.6) is 0 Å². The van der Waals surface area contributed by atoms with E-state index >= 15 is 0 Å². The number of amides is 1. The number of nitrogens with zero attached hydrogens (tertiary/aromatic N) is 2. The van der Waals surface area contributed by atoms with Crippen molar-refractivity contribution in [2.24, 2.45) is 5.73 Å². The molecule has 1 saturated carbocycles. The predicted octanol–water partition coefficient (Wildman–Crippen LogP) is 0.539. The number of carbonyl (C=O) groups excluding carboxylic acids is 1. The van der Waals surface area contributed by atoms with Crippen LogP contribution >= 0.6 is 0 Å². The molecule has 4 N–H and O–H groups in total. The quantitative estimate of drug-likeness (QED) is 0.712. The molecule has 6 heteroatoms. The molecule has 0 saturated heterocycles. The molecule has 0 bridgehead atoms. The minimum absolute atomic E-state index is 0.191. The molecule has 2 rings (SSSR count). The van der Waals surface area contributed by atoms with Gasteiger partial charge < -0.3 is 11.1 Å². The fourth-order valence-corrected chi connectivity index (χ4v) is 1.78. The molecular formula is C11H19N5O. The number of rotatable bonds is 4. The summed E-state index contributed by atoms with van der Waals surface area (Å²) < 4.78 is 0. The van der Waals surface area contributed by atoms with E-state index in [1.807, 2.05) is 13.8 Å². The van der Waals surface area contributed by atoms with E-state index in [2.05, 4.69) is 20.5 Å². The molecule has 1 heterocycles. The Morgan fingerprint density at radius 1 is 1.59 bits per heavy atom. The van der Waals surface area contributed by atoms with Gasteiger partial charge in [0, 0.05) is 18.0 Å². The summed E-state index contributed by atoms with van der Waals surface area (Å²) in [4.78, 5) is 15.9. The summed E-state index contributed by atoms with van der Waals surface area (Å²) in [6.07, 6.45) is 3.08. The number of nitrogens with one attached hydrogen (secondary N) is 2. The minimum atomic E-state index is -0.259. The fourth-order valence-electron chi connectivity index (χ4n) is 1.78. The molecule has 0 aliphatic heterocycles. The number of H-pyrrole nitrogens is 1. The van der Waals surface area contributed by atoms with Gasteiger partial charge in [0.1, 0.15) is 5.82 Å². The number of hydrogen-bond donors (Lipinski definition) is 3. The summed E-state index contributed by atoms with van der Waals surface area (Å²) >= 11 is 0. The molecule has 94 valence electrons. The Kier molecular flexibility index (Phi) is 3.15. The van der Waals surface area contributed by atoms with Crippen molar-refractivity contribution in [2.45, 2.75) is 44.6 Å². The molecule has 0 aromatic carbocycles. The highest BCUT2D eigenvalue weighted by atomic mass is 16.2. The zero-order chi connectivity index (χ0) is 12.5. The first-order valence-electron chi connectivity index (χ1n) is 5.99. The summed E-state index contributed by atoms with van der Waals surface area (Å²) in [7, 11) is 0. The lowest BCUT2D eigenvalue weighted by Crippen LogP contribution is -2.55. The van der Waals surface area contributed by atoms with Gasteiger partial charge in [-0.1, -0.05) is 13.8 Å². The van der Waals surface area contributed by atoms with Gasteiger partial charge in [-0.25, -0.2) is 4.98 Å². The number of aromatic amines is 1. The summed E-state index contributed by atoms with van der Waals surface area (Å²) in [5.74, 6) is 0.888. The van der Waals surface area contributed by atoms with Gasteiger partial charge in [-0.3, -0.25) is 9.89 Å². The number of carbonyl (C=O) groups is 1. The van der Waals surface area contributed by atoms with Crippen molar-refractivity contribution < 1.29 is 4.79 Å². The Morgan fingerprint density at radius 3 is 2.76 bits per heavy atom. The lowest BCUT2D eigenvalue weighted by Gasteiger charge is -2.37. The van der Waals surface area contributed by atoms with Crippen LogP contribution in [0.25, 0.3) is 0 Å². The Labute approximate surface area is 100 Å². The Hall–Kier alpha value is -1.43. The van der Waals surface area contributed by atoms with Crippen LogP contribution in [-0.2, 0) is 0 Å². The third kappa shape index (κ3) is 2.63. The molecule has 1 aliphatic carbocycles. The van der Waals surface area contributed by atoms with Gasteiger partial charge in [-0.15, -0.1) is 5.10 Å². The maximum absolute atomic E-state index is 11.8. The third-order valence-corrected chi connectivity index (χ3v) is 3.20. The highest BCUT2D eigenvalue weighted by Crippen LogP contribution is 2.28. The van der Waals surface area contributed by atoms with Gasteiger partial charge in [0.25, 0.3) is 5.91 Å². The summed E-state index contributed by atoms with van der Waals surface area (Å²) in [6.45, 7) is 4.48. The molecule has 1 aromatic heterocycles. The van der Waals surface area contributed by atoms with Crippen LogP contribution in [0.15, 0.2) is 0 Å². The summed E-state index contributed by atoms with van der Waals surface area (Å²) in [6, 6.07) is 0. The van der Waals surface area contributed by atoms with Crippen LogP contribution in [0, 0.1) is 0 Å². The lowest BCUT2D eigenvalue weighted by atomic mass is 9.78. The van der Waals surface area contributed by atoms with Crippen molar-refractivity contribution in [2.75, 3.05) is 6.54 Å². The Morgan fingerprint density at radius 2 is 2.29 bits per heavy atom. The first-order chi connectivity index (χ1) is 8.00. The second-order valence-corrected chi connectivity index (χ2v) is 5.10. The molecule has 0 atom stereocenters. The van der Waals surface area contributed by atoms with Crippen LogP contribution in [0.2, 0.25) is 0 Å². The average Bonchev–Trinajstić information content (AvgIpc) is 2.72. The monoisotopic (exact) mass is 237 g/mol. The standard InChI is InChI=1S/C11H19N5O/c1-7(2)8-14-9(16-15-8)10(17)13-6-11(12)4-3-5-11/h7H,3-6,12H2,1-2H3,(H,13,17)(H,14,15,16). The van der Waals surface area contributed by atoms with Crippen LogP contribution in [0.1, 0.15) is 55.5 Å². The van der Waals surface area contributed by atoms with E-state index in [-0.39, 0.29) is 23.2 Å². The average molecular weight is 237 g/mol. The van der Waals surface area contributed by atoms with Crippen molar-refractivity contribution in [3.8, 4) is 0 Å². The zero-order valence-corrected chi connectivity index (χ0v) is 10.3. The van der Waals surface area contributed by atoms with Crippen molar-refractivity contribution >= 4 is 5.91 Å². The SMILES string of the molecule is CC(C)c1nc(C(=O)NCC2(N)CCC2)n[nH]1. The van der Waals surface area contributed by atoms with Crippen molar-refractivity contribution in [3.63, 3.8) is 0 Å². The maximum Gasteiger partial charge on any atom is 0.291 e. The predicted molar refractivity (Wildman–Crippen MR) is 63.6 cm³/mol. The number of aromatic nitrogens is 3. The molecule has 6 nitrogen and oxygen atoms in total. The van der Waals surface area contributed by atoms with Crippen molar-refractivity contribution in [3.05, 3.63) is 11.6 Å². The molecule has 17 heavy (non-hydrogen) atoms. The fraction of sp³-hybridized carbons (Fsp3) is 0.727. The van der Waals surface area contributed by atoms with Crippen molar-refractivity contribution in [1.82, 2.24) is 20.5 Å². The smallest absolute Gasteiger partial charge is 0.291 e. The van der Waals surface area contributed by atoms with E-state index in [9.17, 15) is 4.79 Å². The summed E-state index contributed by atoms with van der Waals surface area (Å²) in [5, 5.41) is 9.44. The van der Waals surface area contributed by atoms with Crippen LogP contribution < -0.4 is 11.1 Å². The largest absolute Gasteiger partial charge is 0.347 e. The minimum Gasteiger partial charge on any atom is -0.347 e. The Balaban J connectivity index is 1.90. The van der Waals surface area contributed by atoms with E-state index < -0.39 is 0 Å². The third-order valence-electron chi connectivity index (χ3n) is 3.20. The maximum atomic E-state index is 11.8. The molecule has 1 fully saturated rings. The van der Waals surface area contributed by atoms with Gasteiger partial charge >= 0.3 is 0 Å². The van der Waals surface area contributed by atoms with Crippen LogP contribution in [0.4, 0.5) is 0 Å². The molecular weight excluding hydrogens is 218 g/mol. The van der Waals surface area contributed by atoms with E-state index in [1.54, 1.807) is 0 Å². The van der Waals surface area contributed by atoms with Gasteiger partial charge in [0.15, 0.2) is 0 Å². The first kappa shape index (κ1) is 12.0. The second kappa shape index (κ2) is 4.44. The van der Waals surface area contributed by atoms with E-state index in [0.29, 0.717) is 6.54 Å². The van der Waals surface area contributed by atoms with Gasteiger partial charge in [-0.05, 0) is 19.3 Å². The van der Waals surface area contributed by atoms with Crippen molar-refractivity contribution in [1.29, 1.82) is 0 Å². The molecule has 1 aliphatic rings. The van der Waals surface area contributed by atoms with Crippen LogP contribution in [-0.4, -0.2) is 33.2 Å². The highest BCUT2D eigenvalue weighted by Gasteiger charge is 2.33. The van der Waals surface area contributed by atoms with E-state index in [1.165, 1.54) is 0 Å². The van der Waals surface area contributed by atoms with Gasteiger partial charge in [0.2, 0.25) is 5.82 Å². The first-order valence-corrected chi connectivity index (χ1v) is 5.99. The zero-order valence-electron chi connectivity index (χ0n) is 10.3. The summed E-state index contributed by atoms with van der Waals surface area (Å²) in [5.41, 5.74) is 5.80. The van der Waals surface area contributed by atoms with E-state index in [0.717, 1.165) is 25.1 Å². The van der Waals surface area contributed by atoms with Crippen LogP contribution in [0.3, 0.4) is 0 Å². The molecule has 0 unspecified atom stereocenters. The Bertz CT molecular complexity index is 408. The second-order valence-electron chi connectivity index (χ2n) is 5.10. The number of nitrogens with two attached hydrogens (primary N) is 1. The molecule has 0 spiro atoms. The molecule has 1 aromatic rings. The topological polar surface area (TPSA) is 96.7 Å². The highest BCUT2D eigenvalue weighted by molar-refractivity contribution is 5.90. The van der Waals surface area contributed by atoms with Gasteiger partial charge in [0.05, 0.1) is 0 Å². The van der Waals surface area contributed by atoms with Gasteiger partial charge in [-0.2, -0.15) is 0 Å². The normalized spacial score (nSPS) is 17.9. The van der Waals surface area contributed by atoms with E-state index in [4.69, 9.17) is 5.73 Å². The lowest BCUT2D eigenvalue weighted by molar-refractivity contribution is 0.0919. The molecule has 0 radical (unpaired) electrons.